The van der Waals surface area contributed by atoms with Crippen molar-refractivity contribution in [1.82, 2.24) is 15.4 Å². The maximum absolute atomic E-state index is 13.4. The molecule has 1 saturated carbocycles. The van der Waals surface area contributed by atoms with Gasteiger partial charge in [0, 0.05) is 24.2 Å². The Morgan fingerprint density at radius 2 is 1.97 bits per heavy atom. The summed E-state index contributed by atoms with van der Waals surface area (Å²) in [5.41, 5.74) is -1.68. The molecule has 0 spiro atoms. The summed E-state index contributed by atoms with van der Waals surface area (Å²) < 4.78 is 77.6. The zero-order valence-electron chi connectivity index (χ0n) is 20.4. The van der Waals surface area contributed by atoms with E-state index in [0.717, 1.165) is 17.8 Å². The van der Waals surface area contributed by atoms with Gasteiger partial charge >= 0.3 is 18.0 Å². The Labute approximate surface area is 225 Å². The number of allylic oxidation sites excluding steroid dienone is 2. The van der Waals surface area contributed by atoms with Crippen LogP contribution in [0.4, 0.5) is 13.3 Å². The number of benzene rings is 1. The van der Waals surface area contributed by atoms with Gasteiger partial charge in [0.25, 0.3) is 0 Å². The Bertz CT molecular complexity index is 1430. The number of rotatable bonds is 12. The zero-order chi connectivity index (χ0) is 28.5. The molecule has 15 heteroatoms. The lowest BCUT2D eigenvalue weighted by atomic mass is 9.86. The van der Waals surface area contributed by atoms with Gasteiger partial charge in [0.1, 0.15) is 15.5 Å². The van der Waals surface area contributed by atoms with E-state index in [9.17, 15) is 36.4 Å². The van der Waals surface area contributed by atoms with Crippen LogP contribution in [0.2, 0.25) is 0 Å². The number of esters is 1. The summed E-state index contributed by atoms with van der Waals surface area (Å²) in [7, 11) is -4.33. The van der Waals surface area contributed by atoms with Gasteiger partial charge in [-0.25, -0.2) is 8.42 Å². The Morgan fingerprint density at radius 1 is 1.26 bits per heavy atom. The second-order valence-corrected chi connectivity index (χ2v) is 12.0. The van der Waals surface area contributed by atoms with Crippen molar-refractivity contribution in [3.63, 3.8) is 0 Å². The van der Waals surface area contributed by atoms with Crippen molar-refractivity contribution >= 4 is 39.3 Å². The maximum atomic E-state index is 13.4. The lowest BCUT2D eigenvalue weighted by molar-refractivity contribution is -0.142. The third-order valence-electron chi connectivity index (χ3n) is 6.63. The predicted octanol–water partition coefficient (Wildman–Crippen LogP) is 3.60. The largest absolute Gasteiger partial charge is 0.480 e. The fraction of sp³-hybridized carbons (Fsp3) is 0.375. The maximum Gasteiger partial charge on any atom is 0.388 e. The van der Waals surface area contributed by atoms with E-state index in [1.165, 1.54) is 19.1 Å². The molecule has 10 nitrogen and oxygen atoms in total. The normalized spacial score (nSPS) is 23.1. The summed E-state index contributed by atoms with van der Waals surface area (Å²) in [4.78, 5) is 23.7. The van der Waals surface area contributed by atoms with Crippen molar-refractivity contribution in [2.75, 3.05) is 12.4 Å². The summed E-state index contributed by atoms with van der Waals surface area (Å²) in [5.74, 6) is -2.90. The quantitative estimate of drug-likeness (QED) is 0.146. The zero-order valence-corrected chi connectivity index (χ0v) is 22.1. The van der Waals surface area contributed by atoms with Crippen LogP contribution in [-0.2, 0) is 35.8 Å². The van der Waals surface area contributed by atoms with E-state index in [1.807, 2.05) is 0 Å². The molecule has 0 saturated heterocycles. The summed E-state index contributed by atoms with van der Waals surface area (Å²) in [6, 6.07) is 5.40. The van der Waals surface area contributed by atoms with E-state index < -0.39 is 44.7 Å². The molecule has 3 N–H and O–H groups in total. The van der Waals surface area contributed by atoms with Gasteiger partial charge in [-0.05, 0) is 36.5 Å². The average molecular weight is 588 g/mol. The summed E-state index contributed by atoms with van der Waals surface area (Å²) in [6.07, 6.45) is 3.07. The number of halogens is 3. The van der Waals surface area contributed by atoms with Gasteiger partial charge in [0.05, 0.1) is 6.61 Å². The molecule has 2 aliphatic rings. The number of hydrogen-bond donors (Lipinski definition) is 3. The molecule has 39 heavy (non-hydrogen) atoms. The number of nitrogens with zero attached hydrogens (tertiary/aromatic N) is 1. The van der Waals surface area contributed by atoms with Crippen LogP contribution in [-0.4, -0.2) is 48.5 Å². The standard InChI is InChI=1S/C24H24F3N3O7S2/c1-15(31)36-11-5-10-22(17-6-3-2-4-7-17)14-23(22,21(32)33)30-39(34,35)20-9-8-16(13-38-20)18-12-19(37-28-18)24(25,26)29-27/h2-4,6-9,12,29-30H,5,10-11,13-14H2,1H3,(H,32,33). The van der Waals surface area contributed by atoms with Gasteiger partial charge < -0.3 is 14.4 Å². The molecule has 4 rings (SSSR count). The first kappa shape index (κ1) is 28.9. The minimum atomic E-state index is -4.33. The van der Waals surface area contributed by atoms with E-state index in [2.05, 4.69) is 14.4 Å². The minimum Gasteiger partial charge on any atom is -0.480 e. The van der Waals surface area contributed by atoms with Crippen molar-refractivity contribution in [3.05, 3.63) is 69.8 Å². The molecule has 2 heterocycles. The Hall–Kier alpha value is -3.14. The van der Waals surface area contributed by atoms with Crippen molar-refractivity contribution in [2.24, 2.45) is 0 Å². The highest BCUT2D eigenvalue weighted by molar-refractivity contribution is 8.18. The Balaban J connectivity index is 1.58. The van der Waals surface area contributed by atoms with E-state index in [1.54, 1.807) is 30.3 Å². The van der Waals surface area contributed by atoms with E-state index in [0.29, 0.717) is 23.1 Å². The third kappa shape index (κ3) is 5.62. The van der Waals surface area contributed by atoms with Gasteiger partial charge in [0.15, 0.2) is 0 Å². The van der Waals surface area contributed by atoms with E-state index in [4.69, 9.17) is 4.74 Å². The molecule has 1 aliphatic heterocycles. The molecule has 0 amide bonds. The molecule has 1 aromatic heterocycles. The molecule has 0 radical (unpaired) electrons. The van der Waals surface area contributed by atoms with Crippen LogP contribution >= 0.6 is 11.8 Å². The Kier molecular flexibility index (Phi) is 7.98. The van der Waals surface area contributed by atoms with Gasteiger partial charge in [-0.1, -0.05) is 47.1 Å². The van der Waals surface area contributed by atoms with Crippen molar-refractivity contribution in [3.8, 4) is 0 Å². The molecule has 1 aromatic carbocycles. The molecule has 0 bridgehead atoms. The number of ether oxygens (including phenoxy) is 1. The topological polar surface area (TPSA) is 148 Å². The molecule has 1 aliphatic carbocycles. The lowest BCUT2D eigenvalue weighted by Crippen LogP contribution is -2.49. The molecule has 1 fully saturated rings. The van der Waals surface area contributed by atoms with Gasteiger partial charge in [0.2, 0.25) is 15.8 Å². The van der Waals surface area contributed by atoms with Crippen molar-refractivity contribution < 1.29 is 45.6 Å². The van der Waals surface area contributed by atoms with Crippen LogP contribution in [0.15, 0.2) is 57.3 Å². The molecule has 2 unspecified atom stereocenters. The van der Waals surface area contributed by atoms with Crippen LogP contribution in [0.5, 0.6) is 0 Å². The van der Waals surface area contributed by atoms with E-state index >= 15 is 0 Å². The van der Waals surface area contributed by atoms with Crippen molar-refractivity contribution in [2.45, 2.75) is 43.2 Å². The fourth-order valence-electron chi connectivity index (χ4n) is 4.65. The summed E-state index contributed by atoms with van der Waals surface area (Å²) >= 11 is 0.829. The number of thioether (sulfide) groups is 1. The number of carboxylic acids is 1. The molecule has 2 atom stereocenters. The van der Waals surface area contributed by atoms with Crippen LogP contribution in [0.1, 0.15) is 43.2 Å². The second kappa shape index (κ2) is 10.8. The van der Waals surface area contributed by atoms with Crippen LogP contribution < -0.4 is 10.3 Å². The number of carbonyl (C=O) groups is 2. The number of carboxylic acid groups (broad SMARTS) is 1. The average Bonchev–Trinajstić information content (AvgIpc) is 3.28. The predicted molar refractivity (Wildman–Crippen MR) is 134 cm³/mol. The highest BCUT2D eigenvalue weighted by atomic mass is 32.3. The van der Waals surface area contributed by atoms with Gasteiger partial charge in [-0.15, -0.1) is 16.2 Å². The molecular weight excluding hydrogens is 563 g/mol. The number of aliphatic carboxylic acids is 1. The third-order valence-corrected chi connectivity index (χ3v) is 9.81. The first-order valence-electron chi connectivity index (χ1n) is 11.6. The molecule has 2 aromatic rings. The summed E-state index contributed by atoms with van der Waals surface area (Å²) in [5, 5.41) is 13.7. The number of aromatic nitrogens is 1. The van der Waals surface area contributed by atoms with E-state index in [-0.39, 0.29) is 35.1 Å². The van der Waals surface area contributed by atoms with Crippen LogP contribution in [0, 0.1) is 0 Å². The van der Waals surface area contributed by atoms with Gasteiger partial charge in [-0.2, -0.15) is 13.5 Å². The number of hydrogen-bond acceptors (Lipinski definition) is 9. The SMILES string of the molecule is CC(=O)OCCCC1(c2ccccc2)CC1(NS(=O)(=O)C1=CC=C(c2cc(C(F)(F)NF)on2)CS1)C(=O)O. The smallest absolute Gasteiger partial charge is 0.388 e. The first-order valence-corrected chi connectivity index (χ1v) is 14.1. The highest BCUT2D eigenvalue weighted by Crippen LogP contribution is 2.61. The number of carbonyl (C=O) groups excluding carboxylic acids is 1. The molecular formula is C24H24F3N3O7S2. The Morgan fingerprint density at radius 3 is 2.56 bits per heavy atom. The van der Waals surface area contributed by atoms with Gasteiger partial charge in [-0.3, -0.25) is 9.59 Å². The number of nitrogens with one attached hydrogen (secondary N) is 2. The monoisotopic (exact) mass is 587 g/mol. The highest BCUT2D eigenvalue weighted by Gasteiger charge is 2.74. The number of sulfonamides is 1. The second-order valence-electron chi connectivity index (χ2n) is 9.10. The summed E-state index contributed by atoms with van der Waals surface area (Å²) in [6.45, 7) is 1.31. The number of alkyl halides is 2. The minimum absolute atomic E-state index is 0.0143. The fourth-order valence-corrected chi connectivity index (χ4v) is 7.44. The lowest BCUT2D eigenvalue weighted by Gasteiger charge is -2.25. The van der Waals surface area contributed by atoms with Crippen LogP contribution in [0.3, 0.4) is 0 Å². The van der Waals surface area contributed by atoms with Crippen molar-refractivity contribution in [1.29, 1.82) is 0 Å². The first-order chi connectivity index (χ1) is 18.4. The molecule has 210 valence electrons. The van der Waals surface area contributed by atoms with Crippen LogP contribution in [0.25, 0.3) is 5.57 Å².